The Morgan fingerprint density at radius 1 is 1.08 bits per heavy atom. The first-order chi connectivity index (χ1) is 5.86. The summed E-state index contributed by atoms with van der Waals surface area (Å²) in [7, 11) is 0. The summed E-state index contributed by atoms with van der Waals surface area (Å²) in [5, 5.41) is 22.1. The van der Waals surface area contributed by atoms with Crippen LogP contribution in [0.5, 0.6) is 0 Å². The molecule has 1 N–H and O–H groups in total. The fourth-order valence-electron chi connectivity index (χ4n) is 0.523. The van der Waals surface area contributed by atoms with Gasteiger partial charge in [0.05, 0.1) is 11.9 Å². The molecule has 0 aromatic heterocycles. The summed E-state index contributed by atoms with van der Waals surface area (Å²) in [5.74, 6) is -4.97. The van der Waals surface area contributed by atoms with Gasteiger partial charge in [-0.2, -0.15) is 0 Å². The van der Waals surface area contributed by atoms with Crippen LogP contribution in [0.25, 0.3) is 0 Å². The quantitative estimate of drug-likeness (QED) is 0.462. The number of hydrogen-bond donors (Lipinski definition) is 1. The highest BCUT2D eigenvalue weighted by Crippen LogP contribution is 1.92. The van der Waals surface area contributed by atoms with Crippen LogP contribution in [0.1, 0.15) is 13.8 Å². The summed E-state index contributed by atoms with van der Waals surface area (Å²) in [6.45, 7) is 2.99. The van der Waals surface area contributed by atoms with Crippen molar-refractivity contribution in [2.75, 3.05) is 0 Å². The average molecular weight is 187 g/mol. The summed E-state index contributed by atoms with van der Waals surface area (Å²) in [5.41, 5.74) is 0. The van der Waals surface area contributed by atoms with Gasteiger partial charge in [0.15, 0.2) is 0 Å². The average Bonchev–Trinajstić information content (AvgIpc) is 1.97. The maximum absolute atomic E-state index is 10.9. The summed E-state index contributed by atoms with van der Waals surface area (Å²) < 4.78 is 0. The molecule has 0 aliphatic rings. The van der Waals surface area contributed by atoms with Crippen molar-refractivity contribution in [3.8, 4) is 0 Å². The van der Waals surface area contributed by atoms with Gasteiger partial charge >= 0.3 is 0 Å². The van der Waals surface area contributed by atoms with Gasteiger partial charge in [-0.25, -0.2) is 0 Å². The highest BCUT2D eigenvalue weighted by Gasteiger charge is 2.16. The molecule has 74 valence electrons. The van der Waals surface area contributed by atoms with E-state index in [0.717, 1.165) is 0 Å². The van der Waals surface area contributed by atoms with Crippen LogP contribution in [0.3, 0.4) is 0 Å². The molecule has 0 radical (unpaired) electrons. The molecule has 6 heteroatoms. The van der Waals surface area contributed by atoms with E-state index in [4.69, 9.17) is 0 Å². The van der Waals surface area contributed by atoms with Crippen molar-refractivity contribution in [1.29, 1.82) is 0 Å². The topological polar surface area (TPSA) is 109 Å². The van der Waals surface area contributed by atoms with Crippen molar-refractivity contribution in [2.45, 2.75) is 19.9 Å². The smallest absolute Gasteiger partial charge is 0.223 e. The summed E-state index contributed by atoms with van der Waals surface area (Å²) in [4.78, 5) is 31.2. The lowest BCUT2D eigenvalue weighted by molar-refractivity contribution is -0.326. The molecule has 0 aliphatic carbocycles. The molecule has 0 unspecified atom stereocenters. The van der Waals surface area contributed by atoms with E-state index >= 15 is 0 Å². The van der Waals surface area contributed by atoms with Gasteiger partial charge in [0.2, 0.25) is 5.91 Å². The second kappa shape index (κ2) is 4.44. The molecule has 0 saturated carbocycles. The molecule has 0 aliphatic heterocycles. The molecule has 1 amide bonds. The molecule has 0 aromatic rings. The van der Waals surface area contributed by atoms with Crippen LogP contribution in [-0.2, 0) is 14.4 Å². The first-order valence-corrected chi connectivity index (χ1v) is 3.58. The summed E-state index contributed by atoms with van der Waals surface area (Å²) in [6, 6.07) is -2.09. The number of aliphatic carboxylic acids is 2. The minimum atomic E-state index is -2.09. The van der Waals surface area contributed by atoms with Gasteiger partial charge in [0, 0.05) is 5.92 Å². The van der Waals surface area contributed by atoms with Crippen molar-refractivity contribution >= 4 is 17.8 Å². The zero-order valence-corrected chi connectivity index (χ0v) is 7.20. The minimum absolute atomic E-state index is 0.499. The van der Waals surface area contributed by atoms with Gasteiger partial charge in [0.1, 0.15) is 6.04 Å². The maximum Gasteiger partial charge on any atom is 0.223 e. The van der Waals surface area contributed by atoms with Gasteiger partial charge in [0.25, 0.3) is 0 Å². The third-order valence-corrected chi connectivity index (χ3v) is 1.28. The Balaban J connectivity index is 4.36. The first-order valence-electron chi connectivity index (χ1n) is 3.58. The zero-order chi connectivity index (χ0) is 10.6. The predicted molar refractivity (Wildman–Crippen MR) is 36.8 cm³/mol. The molecular weight excluding hydrogens is 178 g/mol. The highest BCUT2D eigenvalue weighted by atomic mass is 16.4. The van der Waals surface area contributed by atoms with Crippen LogP contribution in [0.15, 0.2) is 0 Å². The molecule has 0 atom stereocenters. The van der Waals surface area contributed by atoms with E-state index < -0.39 is 29.8 Å². The van der Waals surface area contributed by atoms with E-state index in [2.05, 4.69) is 0 Å². The zero-order valence-electron chi connectivity index (χ0n) is 7.20. The second-order valence-corrected chi connectivity index (χ2v) is 2.73. The van der Waals surface area contributed by atoms with Crippen molar-refractivity contribution in [3.63, 3.8) is 0 Å². The van der Waals surface area contributed by atoms with Crippen LogP contribution < -0.4 is 15.5 Å². The number of hydrogen-bond acceptors (Lipinski definition) is 5. The van der Waals surface area contributed by atoms with E-state index in [0.29, 0.717) is 0 Å². The van der Waals surface area contributed by atoms with E-state index in [-0.39, 0.29) is 0 Å². The molecule has 6 nitrogen and oxygen atoms in total. The van der Waals surface area contributed by atoms with E-state index in [1.165, 1.54) is 13.8 Å². The van der Waals surface area contributed by atoms with Crippen molar-refractivity contribution < 1.29 is 24.6 Å². The van der Waals surface area contributed by atoms with Gasteiger partial charge in [-0.05, 0) is 0 Å². The number of carboxylic acids is 2. The van der Waals surface area contributed by atoms with Crippen LogP contribution in [-0.4, -0.2) is 23.9 Å². The van der Waals surface area contributed by atoms with Gasteiger partial charge in [-0.15, -0.1) is 0 Å². The third kappa shape index (κ3) is 3.55. The molecule has 13 heavy (non-hydrogen) atoms. The normalized spacial score (nSPS) is 10.2. The Morgan fingerprint density at radius 3 is 1.69 bits per heavy atom. The second-order valence-electron chi connectivity index (χ2n) is 2.73. The number of carbonyl (C=O) groups is 3. The Labute approximate surface area is 74.6 Å². The van der Waals surface area contributed by atoms with Crippen molar-refractivity contribution in [3.05, 3.63) is 0 Å². The number of nitrogens with one attached hydrogen (secondary N) is 1. The van der Waals surface area contributed by atoms with Gasteiger partial charge in [-0.3, -0.25) is 4.79 Å². The van der Waals surface area contributed by atoms with Gasteiger partial charge < -0.3 is 25.1 Å². The highest BCUT2D eigenvalue weighted by molar-refractivity contribution is 5.99. The molecule has 0 spiro atoms. The lowest BCUT2D eigenvalue weighted by Gasteiger charge is -2.21. The molecule has 0 aromatic carbocycles. The van der Waals surface area contributed by atoms with Crippen LogP contribution in [0.4, 0.5) is 0 Å². The van der Waals surface area contributed by atoms with E-state index in [1.807, 2.05) is 0 Å². The van der Waals surface area contributed by atoms with Crippen LogP contribution in [0.2, 0.25) is 0 Å². The maximum atomic E-state index is 10.9. The predicted octanol–water partition coefficient (Wildman–Crippen LogP) is -3.37. The lowest BCUT2D eigenvalue weighted by atomic mass is 10.2. The van der Waals surface area contributed by atoms with Crippen LogP contribution >= 0.6 is 0 Å². The molecule has 0 heterocycles. The standard InChI is InChI=1S/C7H11NO5/c1-3(2)5(9)8-4(6(10)11)7(12)13/h3-4H,1-2H3,(H,8,9)(H,10,11)(H,12,13)/p-2. The number of rotatable bonds is 4. The van der Waals surface area contributed by atoms with Crippen LogP contribution in [0, 0.1) is 5.92 Å². The SMILES string of the molecule is CC(C)C(=O)NC(C(=O)[O-])C(=O)[O-]. The van der Waals surface area contributed by atoms with Gasteiger partial charge in [-0.1, -0.05) is 13.8 Å². The van der Waals surface area contributed by atoms with Crippen molar-refractivity contribution in [2.24, 2.45) is 5.92 Å². The Morgan fingerprint density at radius 2 is 1.46 bits per heavy atom. The Hall–Kier alpha value is -1.59. The summed E-state index contributed by atoms with van der Waals surface area (Å²) in [6.07, 6.45) is 0. The lowest BCUT2D eigenvalue weighted by Crippen LogP contribution is -2.57. The Bertz CT molecular complexity index is 221. The fraction of sp³-hybridized carbons (Fsp3) is 0.571. The molecule has 0 rings (SSSR count). The molecule has 0 fully saturated rings. The Kier molecular flexibility index (Phi) is 3.90. The number of carboxylic acid groups (broad SMARTS) is 2. The molecule has 0 saturated heterocycles. The third-order valence-electron chi connectivity index (χ3n) is 1.28. The first kappa shape index (κ1) is 11.4. The van der Waals surface area contributed by atoms with Crippen molar-refractivity contribution in [1.82, 2.24) is 5.32 Å². The monoisotopic (exact) mass is 187 g/mol. The number of carbonyl (C=O) groups excluding carboxylic acids is 3. The summed E-state index contributed by atoms with van der Waals surface area (Å²) >= 11 is 0. The van der Waals surface area contributed by atoms with E-state index in [9.17, 15) is 24.6 Å². The van der Waals surface area contributed by atoms with E-state index in [1.54, 1.807) is 5.32 Å². The number of amides is 1. The molecular formula is C7H9NO5-2. The largest absolute Gasteiger partial charge is 0.547 e. The fourth-order valence-corrected chi connectivity index (χ4v) is 0.523. The minimum Gasteiger partial charge on any atom is -0.547 e. The molecule has 0 bridgehead atoms.